The number of benzene rings is 1. The van der Waals surface area contributed by atoms with Crippen molar-refractivity contribution >= 4 is 17.8 Å². The molecule has 0 saturated carbocycles. The molecule has 31 heavy (non-hydrogen) atoms. The lowest BCUT2D eigenvalue weighted by Gasteiger charge is -2.27. The Morgan fingerprint density at radius 3 is 2.58 bits per heavy atom. The highest BCUT2D eigenvalue weighted by molar-refractivity contribution is 6.01. The van der Waals surface area contributed by atoms with Gasteiger partial charge in [-0.05, 0) is 25.1 Å². The van der Waals surface area contributed by atoms with E-state index in [9.17, 15) is 14.4 Å². The van der Waals surface area contributed by atoms with Gasteiger partial charge in [0, 0.05) is 52.3 Å². The average Bonchev–Trinajstić information content (AvgIpc) is 3.24. The van der Waals surface area contributed by atoms with Crippen LogP contribution in [-0.4, -0.2) is 86.5 Å². The van der Waals surface area contributed by atoms with Gasteiger partial charge in [0.15, 0.2) is 17.3 Å². The SMILES string of the molecule is CC(OC(=O)CCN1CCNCC1)OC(=O)N(C)C(C)C(=O)c1ccc2c(c1)OCO2. The minimum absolute atomic E-state index is 0.112. The Balaban J connectivity index is 1.45. The molecule has 2 aliphatic rings. The first-order chi connectivity index (χ1) is 14.8. The summed E-state index contributed by atoms with van der Waals surface area (Å²) in [6, 6.07) is 4.07. The molecule has 1 aromatic carbocycles. The normalized spacial score (nSPS) is 17.5. The molecule has 1 saturated heterocycles. The zero-order valence-corrected chi connectivity index (χ0v) is 18.1. The van der Waals surface area contributed by atoms with Crippen molar-refractivity contribution < 1.29 is 33.3 Å². The van der Waals surface area contributed by atoms with Crippen LogP contribution in [0.1, 0.15) is 30.6 Å². The smallest absolute Gasteiger partial charge is 0.413 e. The van der Waals surface area contributed by atoms with Crippen molar-refractivity contribution in [2.75, 3.05) is 46.6 Å². The molecule has 0 aliphatic carbocycles. The number of ketones is 1. The highest BCUT2D eigenvalue weighted by atomic mass is 16.7. The van der Waals surface area contributed by atoms with Crippen molar-refractivity contribution in [1.29, 1.82) is 0 Å². The number of amides is 1. The Morgan fingerprint density at radius 1 is 1.13 bits per heavy atom. The minimum Gasteiger partial charge on any atom is -0.454 e. The molecule has 0 bridgehead atoms. The lowest BCUT2D eigenvalue weighted by atomic mass is 10.0. The number of nitrogens with one attached hydrogen (secondary N) is 1. The van der Waals surface area contributed by atoms with Gasteiger partial charge in [-0.2, -0.15) is 0 Å². The average molecular weight is 435 g/mol. The number of esters is 1. The fourth-order valence-electron chi connectivity index (χ4n) is 3.30. The Bertz CT molecular complexity index is 810. The third kappa shape index (κ3) is 6.08. The van der Waals surface area contributed by atoms with Crippen LogP contribution in [0.25, 0.3) is 0 Å². The number of fused-ring (bicyclic) bond motifs is 1. The molecule has 10 nitrogen and oxygen atoms in total. The van der Waals surface area contributed by atoms with Crippen LogP contribution in [0.3, 0.4) is 0 Å². The number of carbonyl (C=O) groups excluding carboxylic acids is 3. The first-order valence-corrected chi connectivity index (χ1v) is 10.3. The van der Waals surface area contributed by atoms with E-state index < -0.39 is 24.4 Å². The Hall–Kier alpha value is -2.85. The molecule has 2 aliphatic heterocycles. The van der Waals surface area contributed by atoms with Crippen molar-refractivity contribution in [2.24, 2.45) is 0 Å². The molecule has 2 heterocycles. The van der Waals surface area contributed by atoms with Crippen LogP contribution in [-0.2, 0) is 14.3 Å². The number of piperazine rings is 1. The molecule has 1 amide bonds. The maximum atomic E-state index is 12.7. The summed E-state index contributed by atoms with van der Waals surface area (Å²) in [5, 5.41) is 3.25. The molecule has 1 aromatic rings. The van der Waals surface area contributed by atoms with Gasteiger partial charge >= 0.3 is 12.1 Å². The molecule has 170 valence electrons. The van der Waals surface area contributed by atoms with Gasteiger partial charge in [0.05, 0.1) is 12.5 Å². The highest BCUT2D eigenvalue weighted by Gasteiger charge is 2.28. The second kappa shape index (κ2) is 10.5. The van der Waals surface area contributed by atoms with Gasteiger partial charge in [0.25, 0.3) is 0 Å². The summed E-state index contributed by atoms with van der Waals surface area (Å²) >= 11 is 0. The van der Waals surface area contributed by atoms with E-state index in [-0.39, 0.29) is 19.0 Å². The molecule has 0 spiro atoms. The van der Waals surface area contributed by atoms with Gasteiger partial charge < -0.3 is 34.1 Å². The fraction of sp³-hybridized carbons (Fsp3) is 0.571. The van der Waals surface area contributed by atoms with Crippen LogP contribution in [0.4, 0.5) is 4.79 Å². The van der Waals surface area contributed by atoms with Gasteiger partial charge in [0.1, 0.15) is 0 Å². The minimum atomic E-state index is -1.06. The van der Waals surface area contributed by atoms with E-state index in [0.717, 1.165) is 31.1 Å². The second-order valence-corrected chi connectivity index (χ2v) is 7.50. The van der Waals surface area contributed by atoms with Crippen molar-refractivity contribution in [3.8, 4) is 11.5 Å². The van der Waals surface area contributed by atoms with Gasteiger partial charge in [-0.15, -0.1) is 0 Å². The number of Topliss-reactive ketones (excluding diaryl/α,β-unsaturated/α-hetero) is 1. The van der Waals surface area contributed by atoms with Gasteiger partial charge in [-0.1, -0.05) is 0 Å². The molecule has 0 radical (unpaired) electrons. The van der Waals surface area contributed by atoms with Crippen LogP contribution >= 0.6 is 0 Å². The molecule has 2 atom stereocenters. The van der Waals surface area contributed by atoms with E-state index >= 15 is 0 Å². The van der Waals surface area contributed by atoms with Crippen molar-refractivity contribution in [3.05, 3.63) is 23.8 Å². The summed E-state index contributed by atoms with van der Waals surface area (Å²) in [6.07, 6.45) is -1.60. The van der Waals surface area contributed by atoms with Gasteiger partial charge in [-0.3, -0.25) is 9.59 Å². The van der Waals surface area contributed by atoms with E-state index in [1.807, 2.05) is 0 Å². The third-order valence-corrected chi connectivity index (χ3v) is 5.31. The summed E-state index contributed by atoms with van der Waals surface area (Å²) in [7, 11) is 1.46. The summed E-state index contributed by atoms with van der Waals surface area (Å²) in [5.41, 5.74) is 0.392. The van der Waals surface area contributed by atoms with Crippen LogP contribution in [0, 0.1) is 0 Å². The highest BCUT2D eigenvalue weighted by Crippen LogP contribution is 2.33. The molecule has 0 aromatic heterocycles. The molecule has 1 N–H and O–H groups in total. The molecule has 3 rings (SSSR count). The van der Waals surface area contributed by atoms with Crippen molar-refractivity contribution in [3.63, 3.8) is 0 Å². The first kappa shape index (κ1) is 22.8. The molecule has 1 fully saturated rings. The number of likely N-dealkylation sites (N-methyl/N-ethyl adjacent to an activating group) is 1. The maximum absolute atomic E-state index is 12.7. The second-order valence-electron chi connectivity index (χ2n) is 7.50. The number of hydrogen-bond donors (Lipinski definition) is 1. The third-order valence-electron chi connectivity index (χ3n) is 5.31. The predicted molar refractivity (Wildman–Crippen MR) is 110 cm³/mol. The van der Waals surface area contributed by atoms with Crippen LogP contribution in [0.5, 0.6) is 11.5 Å². The zero-order chi connectivity index (χ0) is 22.4. The van der Waals surface area contributed by atoms with Crippen LogP contribution in [0.15, 0.2) is 18.2 Å². The van der Waals surface area contributed by atoms with Crippen molar-refractivity contribution in [2.45, 2.75) is 32.6 Å². The monoisotopic (exact) mass is 435 g/mol. The predicted octanol–water partition coefficient (Wildman–Crippen LogP) is 1.24. The first-order valence-electron chi connectivity index (χ1n) is 10.3. The molecule has 2 unspecified atom stereocenters. The lowest BCUT2D eigenvalue weighted by molar-refractivity contribution is -0.166. The zero-order valence-electron chi connectivity index (χ0n) is 18.1. The topological polar surface area (TPSA) is 107 Å². The fourth-order valence-corrected chi connectivity index (χ4v) is 3.30. The summed E-state index contributed by atoms with van der Waals surface area (Å²) in [4.78, 5) is 40.5. The van der Waals surface area contributed by atoms with E-state index in [0.29, 0.717) is 23.6 Å². The summed E-state index contributed by atoms with van der Waals surface area (Å²) < 4.78 is 20.9. The Labute approximate surface area is 181 Å². The quantitative estimate of drug-likeness (QED) is 0.367. The van der Waals surface area contributed by atoms with Crippen LogP contribution in [0.2, 0.25) is 0 Å². The summed E-state index contributed by atoms with van der Waals surface area (Å²) in [5.74, 6) is 0.346. The van der Waals surface area contributed by atoms with Crippen molar-refractivity contribution in [1.82, 2.24) is 15.1 Å². The lowest BCUT2D eigenvalue weighted by Crippen LogP contribution is -2.44. The maximum Gasteiger partial charge on any atom is 0.413 e. The van der Waals surface area contributed by atoms with Gasteiger partial charge in [-0.25, -0.2) is 4.79 Å². The number of nitrogens with zero attached hydrogens (tertiary/aromatic N) is 2. The van der Waals surface area contributed by atoms with Crippen LogP contribution < -0.4 is 14.8 Å². The Kier molecular flexibility index (Phi) is 7.69. The molecule has 10 heteroatoms. The van der Waals surface area contributed by atoms with E-state index in [4.69, 9.17) is 18.9 Å². The largest absolute Gasteiger partial charge is 0.454 e. The number of rotatable bonds is 8. The Morgan fingerprint density at radius 2 is 1.84 bits per heavy atom. The number of ether oxygens (including phenoxy) is 4. The summed E-state index contributed by atoms with van der Waals surface area (Å²) in [6.45, 7) is 7.35. The van der Waals surface area contributed by atoms with E-state index in [1.165, 1.54) is 14.0 Å². The number of carbonyl (C=O) groups is 3. The number of hydrogen-bond acceptors (Lipinski definition) is 9. The molecular formula is C21H29N3O7. The van der Waals surface area contributed by atoms with E-state index in [1.54, 1.807) is 25.1 Å². The van der Waals surface area contributed by atoms with E-state index in [2.05, 4.69) is 10.2 Å². The molecular weight excluding hydrogens is 406 g/mol. The standard InChI is InChI=1S/C21H29N3O7/c1-14(20(26)16-4-5-17-18(12-16)29-13-28-17)23(3)21(27)31-15(2)30-19(25)6-9-24-10-7-22-8-11-24/h4-5,12,14-15,22H,6-11,13H2,1-3H3. The van der Waals surface area contributed by atoms with Gasteiger partial charge in [0.2, 0.25) is 13.1 Å².